The molecule has 28 heavy (non-hydrogen) atoms. The second-order valence-corrected chi connectivity index (χ2v) is 10.6. The monoisotopic (exact) mass is 472 g/mol. The van der Waals surface area contributed by atoms with E-state index in [9.17, 15) is 10.2 Å². The van der Waals surface area contributed by atoms with Crippen LogP contribution < -0.4 is 0 Å². The lowest BCUT2D eigenvalue weighted by atomic mass is 10.1. The lowest BCUT2D eigenvalue weighted by Gasteiger charge is -2.27. The Labute approximate surface area is 189 Å². The highest BCUT2D eigenvalue weighted by Crippen LogP contribution is 2.30. The van der Waals surface area contributed by atoms with Crippen LogP contribution in [0.25, 0.3) is 0 Å². The Hall–Kier alpha value is -0.100. The number of aromatic hydroxyl groups is 2. The molecule has 0 heterocycles. The Balaban J connectivity index is 2.97. The van der Waals surface area contributed by atoms with Crippen molar-refractivity contribution in [2.24, 2.45) is 0 Å². The van der Waals surface area contributed by atoms with Crippen LogP contribution in [0.5, 0.6) is 11.5 Å². The molecule has 0 saturated carbocycles. The Morgan fingerprint density at radius 2 is 0.893 bits per heavy atom. The van der Waals surface area contributed by atoms with Crippen LogP contribution >= 0.6 is 46.4 Å². The third-order valence-corrected chi connectivity index (χ3v) is 4.66. The number of phenols is 2. The summed E-state index contributed by atoms with van der Waals surface area (Å²) in [6.07, 6.45) is 0. The van der Waals surface area contributed by atoms with Gasteiger partial charge >= 0.3 is 0 Å². The van der Waals surface area contributed by atoms with Gasteiger partial charge in [0.15, 0.2) is 0 Å². The average molecular weight is 474 g/mol. The van der Waals surface area contributed by atoms with E-state index in [0.717, 1.165) is 0 Å². The van der Waals surface area contributed by atoms with E-state index in [-0.39, 0.29) is 33.0 Å². The van der Waals surface area contributed by atoms with E-state index in [1.807, 2.05) is 27.7 Å². The lowest BCUT2D eigenvalue weighted by Crippen LogP contribution is -2.33. The Kier molecular flexibility index (Phi) is 11.6. The van der Waals surface area contributed by atoms with Crippen molar-refractivity contribution in [1.82, 2.24) is 9.80 Å². The first-order chi connectivity index (χ1) is 13.0. The van der Waals surface area contributed by atoms with E-state index in [0.29, 0.717) is 50.4 Å². The summed E-state index contributed by atoms with van der Waals surface area (Å²) >= 11 is 24.5. The van der Waals surface area contributed by atoms with Crippen molar-refractivity contribution in [3.8, 4) is 11.5 Å². The molecule has 4 unspecified atom stereocenters. The van der Waals surface area contributed by atoms with Crippen LogP contribution in [-0.2, 0) is 13.1 Å². The number of benzene rings is 1. The molecule has 1 aromatic carbocycles. The Bertz CT molecular complexity index is 526. The highest BCUT2D eigenvalue weighted by Gasteiger charge is 2.18. The first kappa shape index (κ1) is 25.9. The maximum atomic E-state index is 10.5. The largest absolute Gasteiger partial charge is 0.508 e. The van der Waals surface area contributed by atoms with Crippen molar-refractivity contribution >= 4 is 46.4 Å². The van der Waals surface area contributed by atoms with Gasteiger partial charge in [-0.1, -0.05) is 0 Å². The molecule has 2 N–H and O–H groups in total. The fourth-order valence-corrected chi connectivity index (χ4v) is 4.01. The molecule has 0 aliphatic heterocycles. The summed E-state index contributed by atoms with van der Waals surface area (Å²) in [5.41, 5.74) is 1.28. The molecule has 0 aliphatic rings. The van der Waals surface area contributed by atoms with E-state index in [4.69, 9.17) is 46.4 Å². The lowest BCUT2D eigenvalue weighted by molar-refractivity contribution is 0.261. The van der Waals surface area contributed by atoms with Crippen molar-refractivity contribution < 1.29 is 10.2 Å². The topological polar surface area (TPSA) is 46.9 Å². The third kappa shape index (κ3) is 10.1. The molecule has 0 bridgehead atoms. The highest BCUT2D eigenvalue weighted by atomic mass is 35.5. The molecule has 4 atom stereocenters. The minimum atomic E-state index is -0.0472. The quantitative estimate of drug-likeness (QED) is 0.323. The number of nitrogens with zero attached hydrogens (tertiary/aromatic N) is 2. The first-order valence-electron chi connectivity index (χ1n) is 9.52. The molecule has 0 spiro atoms. The van der Waals surface area contributed by atoms with Crippen molar-refractivity contribution in [3.05, 3.63) is 23.3 Å². The minimum absolute atomic E-state index is 0.0472. The molecular formula is C20H32Cl4N2O2. The standard InChI is InChI=1S/C20H32Cl4N2O2/c1-13(21)7-25(8-14(2)22)11-17-5-20(28)18(6-19(17)27)12-26(9-15(3)23)10-16(4)24/h5-6,13-16,27-28H,7-12H2,1-4H3. The van der Waals surface area contributed by atoms with Gasteiger partial charge in [-0.05, 0) is 39.8 Å². The number of hydrogen-bond acceptors (Lipinski definition) is 4. The van der Waals surface area contributed by atoms with Gasteiger partial charge in [-0.3, -0.25) is 9.80 Å². The minimum Gasteiger partial charge on any atom is -0.508 e. The smallest absolute Gasteiger partial charge is 0.120 e. The second kappa shape index (κ2) is 12.6. The summed E-state index contributed by atoms with van der Waals surface area (Å²) in [7, 11) is 0. The molecule has 1 aromatic rings. The third-order valence-electron chi connectivity index (χ3n) is 4.11. The fraction of sp³-hybridized carbons (Fsp3) is 0.700. The predicted molar refractivity (Wildman–Crippen MR) is 122 cm³/mol. The molecule has 0 fully saturated rings. The van der Waals surface area contributed by atoms with Gasteiger partial charge in [0.05, 0.1) is 0 Å². The van der Waals surface area contributed by atoms with E-state index < -0.39 is 0 Å². The van der Waals surface area contributed by atoms with Crippen molar-refractivity contribution in [1.29, 1.82) is 0 Å². The predicted octanol–water partition coefficient (Wildman–Crippen LogP) is 5.21. The summed E-state index contributed by atoms with van der Waals surface area (Å²) in [5, 5.41) is 20.9. The van der Waals surface area contributed by atoms with Crippen molar-refractivity contribution in [2.75, 3.05) is 26.2 Å². The molecular weight excluding hydrogens is 442 g/mol. The van der Waals surface area contributed by atoms with Gasteiger partial charge in [-0.25, -0.2) is 0 Å². The van der Waals surface area contributed by atoms with Crippen LogP contribution in [0.3, 0.4) is 0 Å². The van der Waals surface area contributed by atoms with Crippen LogP contribution in [0.15, 0.2) is 12.1 Å². The van der Waals surface area contributed by atoms with Gasteiger partial charge in [0.1, 0.15) is 11.5 Å². The first-order valence-corrected chi connectivity index (χ1v) is 11.3. The van der Waals surface area contributed by atoms with Crippen LogP contribution in [0.1, 0.15) is 38.8 Å². The number of phenolic OH excluding ortho intramolecular Hbond substituents is 2. The zero-order valence-corrected chi connectivity index (χ0v) is 20.0. The molecule has 8 heteroatoms. The van der Waals surface area contributed by atoms with E-state index in [1.54, 1.807) is 12.1 Å². The number of halogens is 4. The molecule has 162 valence electrons. The SMILES string of the molecule is CC(Cl)CN(Cc1cc(O)c(CN(CC(C)Cl)CC(C)Cl)cc1O)CC(C)Cl. The van der Waals surface area contributed by atoms with Crippen LogP contribution in [0, 0.1) is 0 Å². The van der Waals surface area contributed by atoms with Gasteiger partial charge in [0.25, 0.3) is 0 Å². The maximum absolute atomic E-state index is 10.5. The Morgan fingerprint density at radius 1 is 0.643 bits per heavy atom. The summed E-state index contributed by atoms with van der Waals surface area (Å²) in [5.74, 6) is 0.278. The molecule has 4 nitrogen and oxygen atoms in total. The van der Waals surface area contributed by atoms with Gasteiger partial charge in [0, 0.05) is 71.9 Å². The van der Waals surface area contributed by atoms with E-state index >= 15 is 0 Å². The molecule has 0 aliphatic carbocycles. The second-order valence-electron chi connectivity index (χ2n) is 7.62. The van der Waals surface area contributed by atoms with Crippen LogP contribution in [-0.4, -0.2) is 67.7 Å². The van der Waals surface area contributed by atoms with Gasteiger partial charge in [0.2, 0.25) is 0 Å². The molecule has 0 amide bonds. The maximum Gasteiger partial charge on any atom is 0.120 e. The number of hydrogen-bond donors (Lipinski definition) is 2. The van der Waals surface area contributed by atoms with Gasteiger partial charge < -0.3 is 10.2 Å². The fourth-order valence-electron chi connectivity index (χ4n) is 3.23. The zero-order valence-electron chi connectivity index (χ0n) is 17.0. The number of alkyl halides is 4. The van der Waals surface area contributed by atoms with Gasteiger partial charge in [-0.15, -0.1) is 46.4 Å². The highest BCUT2D eigenvalue weighted by molar-refractivity contribution is 6.21. The van der Waals surface area contributed by atoms with E-state index in [2.05, 4.69) is 9.80 Å². The van der Waals surface area contributed by atoms with E-state index in [1.165, 1.54) is 0 Å². The molecule has 0 aromatic heterocycles. The summed E-state index contributed by atoms with van der Waals surface area (Å²) in [6, 6.07) is 3.23. The summed E-state index contributed by atoms with van der Waals surface area (Å²) in [4.78, 5) is 4.14. The Morgan fingerprint density at radius 3 is 1.11 bits per heavy atom. The summed E-state index contributed by atoms with van der Waals surface area (Å²) in [6.45, 7) is 11.1. The van der Waals surface area contributed by atoms with Crippen molar-refractivity contribution in [3.63, 3.8) is 0 Å². The van der Waals surface area contributed by atoms with Gasteiger partial charge in [-0.2, -0.15) is 0 Å². The average Bonchev–Trinajstić information content (AvgIpc) is 2.49. The molecule has 0 radical (unpaired) electrons. The van der Waals surface area contributed by atoms with Crippen molar-refractivity contribution in [2.45, 2.75) is 62.3 Å². The zero-order chi connectivity index (χ0) is 21.4. The number of rotatable bonds is 12. The molecule has 1 rings (SSSR count). The normalized spacial score (nSPS) is 16.4. The summed E-state index contributed by atoms with van der Waals surface area (Å²) < 4.78 is 0. The molecule has 0 saturated heterocycles. The van der Waals surface area contributed by atoms with Crippen LogP contribution in [0.2, 0.25) is 0 Å². The van der Waals surface area contributed by atoms with Crippen LogP contribution in [0.4, 0.5) is 0 Å².